The quantitative estimate of drug-likeness (QED) is 0.564. The molecule has 0 unspecified atom stereocenters. The van der Waals surface area contributed by atoms with E-state index in [0.29, 0.717) is 22.4 Å². The van der Waals surface area contributed by atoms with Crippen molar-refractivity contribution in [3.05, 3.63) is 58.8 Å². The predicted octanol–water partition coefficient (Wildman–Crippen LogP) is 1.37. The van der Waals surface area contributed by atoms with Crippen molar-refractivity contribution in [2.24, 2.45) is 7.05 Å². The highest BCUT2D eigenvalue weighted by Crippen LogP contribution is 2.17. The SMILES string of the molecule is Cn1ncc2c(=O)n(Cc3noc(-c4ccc(F)cc4)n3)cnc21. The molecule has 9 heteroatoms. The van der Waals surface area contributed by atoms with E-state index in [9.17, 15) is 9.18 Å². The first-order valence-corrected chi connectivity index (χ1v) is 7.07. The fourth-order valence-corrected chi connectivity index (χ4v) is 2.36. The topological polar surface area (TPSA) is 91.6 Å². The number of halogens is 1. The van der Waals surface area contributed by atoms with Gasteiger partial charge in [-0.1, -0.05) is 5.16 Å². The number of hydrogen-bond acceptors (Lipinski definition) is 6. The second kappa shape index (κ2) is 5.37. The summed E-state index contributed by atoms with van der Waals surface area (Å²) in [6.07, 6.45) is 2.89. The summed E-state index contributed by atoms with van der Waals surface area (Å²) < 4.78 is 21.0. The molecule has 0 N–H and O–H groups in total. The number of rotatable bonds is 3. The Morgan fingerprint density at radius 1 is 1.25 bits per heavy atom. The number of benzene rings is 1. The molecule has 0 atom stereocenters. The largest absolute Gasteiger partial charge is 0.334 e. The lowest BCUT2D eigenvalue weighted by Gasteiger charge is -2.01. The van der Waals surface area contributed by atoms with Crippen LogP contribution in [0.1, 0.15) is 5.82 Å². The minimum atomic E-state index is -0.346. The Morgan fingerprint density at radius 3 is 2.83 bits per heavy atom. The van der Waals surface area contributed by atoms with Gasteiger partial charge in [0.05, 0.1) is 12.7 Å². The fourth-order valence-electron chi connectivity index (χ4n) is 2.36. The molecule has 0 aliphatic rings. The Hall–Kier alpha value is -3.36. The number of fused-ring (bicyclic) bond motifs is 1. The van der Waals surface area contributed by atoms with Gasteiger partial charge in [-0.15, -0.1) is 0 Å². The van der Waals surface area contributed by atoms with Gasteiger partial charge < -0.3 is 4.52 Å². The van der Waals surface area contributed by atoms with Gasteiger partial charge in [0.1, 0.15) is 17.5 Å². The molecule has 0 bridgehead atoms. The molecule has 0 aliphatic heterocycles. The van der Waals surface area contributed by atoms with Crippen LogP contribution < -0.4 is 5.56 Å². The second-order valence-electron chi connectivity index (χ2n) is 5.21. The van der Waals surface area contributed by atoms with Gasteiger partial charge in [-0.25, -0.2) is 9.37 Å². The van der Waals surface area contributed by atoms with Crippen LogP contribution in [0.3, 0.4) is 0 Å². The van der Waals surface area contributed by atoms with Crippen LogP contribution >= 0.6 is 0 Å². The lowest BCUT2D eigenvalue weighted by Crippen LogP contribution is -2.21. The van der Waals surface area contributed by atoms with Gasteiger partial charge in [0.15, 0.2) is 11.5 Å². The van der Waals surface area contributed by atoms with Gasteiger partial charge >= 0.3 is 0 Å². The number of nitrogens with zero attached hydrogens (tertiary/aromatic N) is 6. The van der Waals surface area contributed by atoms with Crippen LogP contribution in [0.2, 0.25) is 0 Å². The number of aromatic nitrogens is 6. The zero-order valence-corrected chi connectivity index (χ0v) is 12.5. The normalized spacial score (nSPS) is 11.2. The minimum Gasteiger partial charge on any atom is -0.334 e. The molecule has 0 aliphatic carbocycles. The maximum Gasteiger partial charge on any atom is 0.264 e. The first-order chi connectivity index (χ1) is 11.6. The molecule has 0 amide bonds. The summed E-state index contributed by atoms with van der Waals surface area (Å²) in [5.74, 6) is 0.232. The third-order valence-electron chi connectivity index (χ3n) is 3.59. The van der Waals surface area contributed by atoms with Gasteiger partial charge in [0, 0.05) is 12.6 Å². The highest BCUT2D eigenvalue weighted by Gasteiger charge is 2.12. The average molecular weight is 326 g/mol. The average Bonchev–Trinajstić information content (AvgIpc) is 3.19. The maximum atomic E-state index is 13.0. The van der Waals surface area contributed by atoms with Gasteiger partial charge in [-0.2, -0.15) is 10.1 Å². The minimum absolute atomic E-state index is 0.112. The van der Waals surface area contributed by atoms with Crippen molar-refractivity contribution in [2.45, 2.75) is 6.54 Å². The first-order valence-electron chi connectivity index (χ1n) is 7.07. The fraction of sp³-hybridized carbons (Fsp3) is 0.133. The van der Waals surface area contributed by atoms with E-state index < -0.39 is 0 Å². The van der Waals surface area contributed by atoms with Crippen LogP contribution in [0.4, 0.5) is 4.39 Å². The summed E-state index contributed by atoms with van der Waals surface area (Å²) >= 11 is 0. The zero-order valence-electron chi connectivity index (χ0n) is 12.5. The van der Waals surface area contributed by atoms with Crippen molar-refractivity contribution in [1.29, 1.82) is 0 Å². The molecule has 4 rings (SSSR count). The first kappa shape index (κ1) is 14.2. The van der Waals surface area contributed by atoms with Crippen LogP contribution in [0.5, 0.6) is 0 Å². The Labute approximate surface area is 134 Å². The summed E-state index contributed by atoms with van der Waals surface area (Å²) in [7, 11) is 1.72. The molecule has 0 spiro atoms. The van der Waals surface area contributed by atoms with Crippen LogP contribution in [0, 0.1) is 5.82 Å². The van der Waals surface area contributed by atoms with Gasteiger partial charge in [-0.3, -0.25) is 14.0 Å². The molecule has 4 aromatic rings. The third-order valence-corrected chi connectivity index (χ3v) is 3.59. The monoisotopic (exact) mass is 326 g/mol. The molecule has 0 saturated carbocycles. The van der Waals surface area contributed by atoms with E-state index in [1.807, 2.05) is 0 Å². The van der Waals surface area contributed by atoms with Crippen LogP contribution in [-0.4, -0.2) is 29.5 Å². The van der Waals surface area contributed by atoms with Crippen molar-refractivity contribution in [2.75, 3.05) is 0 Å². The molecular formula is C15H11FN6O2. The summed E-state index contributed by atoms with van der Waals surface area (Å²) in [5, 5.41) is 8.28. The maximum absolute atomic E-state index is 13.0. The van der Waals surface area contributed by atoms with Crippen molar-refractivity contribution >= 4 is 11.0 Å². The molecular weight excluding hydrogens is 315 g/mol. The molecule has 120 valence electrons. The summed E-state index contributed by atoms with van der Waals surface area (Å²) in [6.45, 7) is 0.112. The molecule has 0 fully saturated rings. The van der Waals surface area contributed by atoms with Crippen LogP contribution in [0.25, 0.3) is 22.5 Å². The lowest BCUT2D eigenvalue weighted by atomic mass is 10.2. The zero-order chi connectivity index (χ0) is 16.7. The number of aryl methyl sites for hydroxylation is 1. The summed E-state index contributed by atoms with van der Waals surface area (Å²) in [4.78, 5) is 20.8. The molecule has 0 radical (unpaired) electrons. The smallest absolute Gasteiger partial charge is 0.264 e. The van der Waals surface area contributed by atoms with Crippen molar-refractivity contribution in [3.63, 3.8) is 0 Å². The molecule has 3 heterocycles. The summed E-state index contributed by atoms with van der Waals surface area (Å²) in [5.41, 5.74) is 0.876. The van der Waals surface area contributed by atoms with E-state index in [0.717, 1.165) is 0 Å². The Balaban J connectivity index is 1.65. The van der Waals surface area contributed by atoms with Gasteiger partial charge in [0.25, 0.3) is 11.4 Å². The van der Waals surface area contributed by atoms with E-state index in [2.05, 4.69) is 20.2 Å². The molecule has 24 heavy (non-hydrogen) atoms. The predicted molar refractivity (Wildman–Crippen MR) is 81.6 cm³/mol. The second-order valence-corrected chi connectivity index (χ2v) is 5.21. The molecule has 3 aromatic heterocycles. The van der Waals surface area contributed by atoms with Gasteiger partial charge in [-0.05, 0) is 24.3 Å². The van der Waals surface area contributed by atoms with E-state index in [-0.39, 0.29) is 23.8 Å². The Kier molecular flexibility index (Phi) is 3.19. The lowest BCUT2D eigenvalue weighted by molar-refractivity contribution is 0.420. The highest BCUT2D eigenvalue weighted by molar-refractivity contribution is 5.72. The van der Waals surface area contributed by atoms with E-state index in [1.165, 1.54) is 33.9 Å². The van der Waals surface area contributed by atoms with Gasteiger partial charge in [0.2, 0.25) is 0 Å². The van der Waals surface area contributed by atoms with Crippen LogP contribution in [0.15, 0.2) is 46.1 Å². The van der Waals surface area contributed by atoms with Crippen molar-refractivity contribution in [3.8, 4) is 11.5 Å². The van der Waals surface area contributed by atoms with E-state index >= 15 is 0 Å². The highest BCUT2D eigenvalue weighted by atomic mass is 19.1. The van der Waals surface area contributed by atoms with Crippen LogP contribution in [-0.2, 0) is 13.6 Å². The number of hydrogen-bond donors (Lipinski definition) is 0. The Morgan fingerprint density at radius 2 is 2.04 bits per heavy atom. The van der Waals surface area contributed by atoms with E-state index in [1.54, 1.807) is 19.2 Å². The standard InChI is InChI=1S/C15H11FN6O2/c1-21-13-11(6-18-21)15(23)22(8-17-13)7-12-19-14(24-20-12)9-2-4-10(16)5-3-9/h2-6,8H,7H2,1H3. The van der Waals surface area contributed by atoms with Crippen molar-refractivity contribution < 1.29 is 8.91 Å². The summed E-state index contributed by atoms with van der Waals surface area (Å²) in [6, 6.07) is 5.71. The third kappa shape index (κ3) is 2.35. The molecule has 0 saturated heterocycles. The molecule has 8 nitrogen and oxygen atoms in total. The van der Waals surface area contributed by atoms with Crippen molar-refractivity contribution in [1.82, 2.24) is 29.5 Å². The van der Waals surface area contributed by atoms with E-state index in [4.69, 9.17) is 4.52 Å². The Bertz CT molecular complexity index is 1080. The molecule has 1 aromatic carbocycles.